The van der Waals surface area contributed by atoms with Crippen LogP contribution >= 0.6 is 0 Å². The summed E-state index contributed by atoms with van der Waals surface area (Å²) >= 11 is 0. The van der Waals surface area contributed by atoms with Crippen molar-refractivity contribution in [2.45, 2.75) is 45.5 Å². The van der Waals surface area contributed by atoms with Gasteiger partial charge >= 0.3 is 0 Å². The third-order valence-electron chi connectivity index (χ3n) is 2.66. The molecule has 1 rings (SSSR count). The van der Waals surface area contributed by atoms with E-state index in [4.69, 9.17) is 0 Å². The summed E-state index contributed by atoms with van der Waals surface area (Å²) in [5, 5.41) is 2.83. The van der Waals surface area contributed by atoms with Gasteiger partial charge in [0.25, 0.3) is 5.92 Å². The van der Waals surface area contributed by atoms with Gasteiger partial charge in [-0.25, -0.2) is 8.78 Å². The van der Waals surface area contributed by atoms with Crippen LogP contribution in [0.5, 0.6) is 0 Å². The highest BCUT2D eigenvalue weighted by molar-refractivity contribution is 5.15. The standard InChI is InChI=1S/C12H21F2N/c1-10(2)8-15-9-12(13,14)11-6-4-3-5-7-11/h6,10,15H,3-5,7-9H2,1-2H3. The normalized spacial score (nSPS) is 18.1. The molecule has 0 fully saturated rings. The Morgan fingerprint density at radius 1 is 1.40 bits per heavy atom. The van der Waals surface area contributed by atoms with Crippen molar-refractivity contribution >= 4 is 0 Å². The van der Waals surface area contributed by atoms with Gasteiger partial charge in [0, 0.05) is 0 Å². The zero-order valence-corrected chi connectivity index (χ0v) is 9.65. The molecule has 0 heterocycles. The van der Waals surface area contributed by atoms with Crippen LogP contribution < -0.4 is 5.32 Å². The van der Waals surface area contributed by atoms with Crippen molar-refractivity contribution in [3.8, 4) is 0 Å². The lowest BCUT2D eigenvalue weighted by Gasteiger charge is -2.23. The van der Waals surface area contributed by atoms with E-state index in [0.29, 0.717) is 24.5 Å². The molecule has 0 atom stereocenters. The summed E-state index contributed by atoms with van der Waals surface area (Å²) in [5.74, 6) is -2.23. The van der Waals surface area contributed by atoms with E-state index in [1.165, 1.54) is 0 Å². The highest BCUT2D eigenvalue weighted by Crippen LogP contribution is 2.31. The predicted octanol–water partition coefficient (Wildman–Crippen LogP) is 3.37. The third kappa shape index (κ3) is 4.29. The summed E-state index contributed by atoms with van der Waals surface area (Å²) in [4.78, 5) is 0. The van der Waals surface area contributed by atoms with Gasteiger partial charge in [0.15, 0.2) is 0 Å². The Bertz CT molecular complexity index is 222. The number of rotatable bonds is 5. The van der Waals surface area contributed by atoms with E-state index in [-0.39, 0.29) is 6.54 Å². The Balaban J connectivity index is 2.39. The average molecular weight is 217 g/mol. The summed E-state index contributed by atoms with van der Waals surface area (Å²) < 4.78 is 27.3. The molecule has 88 valence electrons. The second-order valence-electron chi connectivity index (χ2n) is 4.70. The number of alkyl halides is 2. The molecule has 0 spiro atoms. The molecular weight excluding hydrogens is 196 g/mol. The molecule has 0 radical (unpaired) electrons. The van der Waals surface area contributed by atoms with Gasteiger partial charge in [-0.2, -0.15) is 0 Å². The monoisotopic (exact) mass is 217 g/mol. The maximum atomic E-state index is 13.6. The van der Waals surface area contributed by atoms with Crippen molar-refractivity contribution < 1.29 is 8.78 Å². The molecule has 0 unspecified atom stereocenters. The first-order valence-corrected chi connectivity index (χ1v) is 5.80. The van der Waals surface area contributed by atoms with Gasteiger partial charge < -0.3 is 5.32 Å². The van der Waals surface area contributed by atoms with E-state index in [9.17, 15) is 8.78 Å². The molecule has 0 aromatic rings. The molecule has 0 saturated carbocycles. The number of allylic oxidation sites excluding steroid dienone is 1. The molecule has 0 bridgehead atoms. The molecule has 3 heteroatoms. The summed E-state index contributed by atoms with van der Waals surface area (Å²) in [7, 11) is 0. The quantitative estimate of drug-likeness (QED) is 0.696. The fourth-order valence-corrected chi connectivity index (χ4v) is 1.80. The highest BCUT2D eigenvalue weighted by Gasteiger charge is 2.33. The van der Waals surface area contributed by atoms with Crippen LogP contribution in [0.2, 0.25) is 0 Å². The van der Waals surface area contributed by atoms with Crippen molar-refractivity contribution in [2.75, 3.05) is 13.1 Å². The Morgan fingerprint density at radius 3 is 2.67 bits per heavy atom. The van der Waals surface area contributed by atoms with Crippen LogP contribution in [0, 0.1) is 5.92 Å². The second kappa shape index (κ2) is 5.59. The van der Waals surface area contributed by atoms with E-state index < -0.39 is 5.92 Å². The first-order valence-electron chi connectivity index (χ1n) is 5.80. The topological polar surface area (TPSA) is 12.0 Å². The zero-order valence-electron chi connectivity index (χ0n) is 9.65. The van der Waals surface area contributed by atoms with Crippen molar-refractivity contribution in [3.63, 3.8) is 0 Å². The number of hydrogen-bond acceptors (Lipinski definition) is 1. The largest absolute Gasteiger partial charge is 0.311 e. The molecule has 1 N–H and O–H groups in total. The molecule has 0 saturated heterocycles. The Labute approximate surface area is 90.9 Å². The molecule has 15 heavy (non-hydrogen) atoms. The summed E-state index contributed by atoms with van der Waals surface area (Å²) in [5.41, 5.74) is 0.338. The number of halogens is 2. The lowest BCUT2D eigenvalue weighted by Crippen LogP contribution is -2.36. The minimum absolute atomic E-state index is 0.211. The van der Waals surface area contributed by atoms with Gasteiger partial charge in [0.2, 0.25) is 0 Å². The Kier molecular flexibility index (Phi) is 4.71. The predicted molar refractivity (Wildman–Crippen MR) is 59.2 cm³/mol. The van der Waals surface area contributed by atoms with Crippen LogP contribution in [0.15, 0.2) is 11.6 Å². The van der Waals surface area contributed by atoms with E-state index in [0.717, 1.165) is 19.3 Å². The van der Waals surface area contributed by atoms with E-state index >= 15 is 0 Å². The Hall–Kier alpha value is -0.440. The molecule has 0 aromatic heterocycles. The first kappa shape index (κ1) is 12.6. The fraction of sp³-hybridized carbons (Fsp3) is 0.833. The highest BCUT2D eigenvalue weighted by atomic mass is 19.3. The fourth-order valence-electron chi connectivity index (χ4n) is 1.80. The maximum absolute atomic E-state index is 13.6. The van der Waals surface area contributed by atoms with Gasteiger partial charge in [-0.15, -0.1) is 0 Å². The van der Waals surface area contributed by atoms with Crippen molar-refractivity contribution in [1.82, 2.24) is 5.32 Å². The van der Waals surface area contributed by atoms with Gasteiger partial charge in [-0.1, -0.05) is 19.9 Å². The van der Waals surface area contributed by atoms with Crippen LogP contribution in [0.1, 0.15) is 39.5 Å². The van der Waals surface area contributed by atoms with Crippen molar-refractivity contribution in [2.24, 2.45) is 5.92 Å². The van der Waals surface area contributed by atoms with E-state index in [1.54, 1.807) is 6.08 Å². The minimum atomic E-state index is -2.64. The summed E-state index contributed by atoms with van der Waals surface area (Å²) in [6.07, 6.45) is 5.07. The van der Waals surface area contributed by atoms with Crippen LogP contribution in [0.4, 0.5) is 8.78 Å². The maximum Gasteiger partial charge on any atom is 0.281 e. The molecule has 1 nitrogen and oxygen atoms in total. The van der Waals surface area contributed by atoms with Gasteiger partial charge in [0.05, 0.1) is 6.54 Å². The molecule has 1 aliphatic carbocycles. The van der Waals surface area contributed by atoms with Crippen molar-refractivity contribution in [3.05, 3.63) is 11.6 Å². The van der Waals surface area contributed by atoms with Crippen LogP contribution in [0.3, 0.4) is 0 Å². The number of nitrogens with one attached hydrogen (secondary N) is 1. The van der Waals surface area contributed by atoms with Crippen molar-refractivity contribution in [1.29, 1.82) is 0 Å². The van der Waals surface area contributed by atoms with Gasteiger partial charge in [-0.3, -0.25) is 0 Å². The van der Waals surface area contributed by atoms with E-state index in [2.05, 4.69) is 5.32 Å². The van der Waals surface area contributed by atoms with E-state index in [1.807, 2.05) is 13.8 Å². The van der Waals surface area contributed by atoms with Gasteiger partial charge in [-0.05, 0) is 43.7 Å². The zero-order chi connectivity index (χ0) is 11.3. The average Bonchev–Trinajstić information content (AvgIpc) is 2.18. The molecule has 1 aliphatic rings. The second-order valence-corrected chi connectivity index (χ2v) is 4.70. The summed E-state index contributed by atoms with van der Waals surface area (Å²) in [6.45, 7) is 4.48. The molecule has 0 aromatic carbocycles. The third-order valence-corrected chi connectivity index (χ3v) is 2.66. The lowest BCUT2D eigenvalue weighted by atomic mass is 9.94. The smallest absolute Gasteiger partial charge is 0.281 e. The van der Waals surface area contributed by atoms with Crippen LogP contribution in [0.25, 0.3) is 0 Å². The van der Waals surface area contributed by atoms with Crippen LogP contribution in [-0.2, 0) is 0 Å². The molecular formula is C12H21F2N. The molecule has 0 amide bonds. The lowest BCUT2D eigenvalue weighted by molar-refractivity contribution is 0.0361. The summed E-state index contributed by atoms with van der Waals surface area (Å²) in [6, 6.07) is 0. The molecule has 0 aliphatic heterocycles. The van der Waals surface area contributed by atoms with Gasteiger partial charge in [0.1, 0.15) is 0 Å². The first-order chi connectivity index (χ1) is 7.02. The van der Waals surface area contributed by atoms with Crippen LogP contribution in [-0.4, -0.2) is 19.0 Å². The minimum Gasteiger partial charge on any atom is -0.311 e. The SMILES string of the molecule is CC(C)CNCC(F)(F)C1=CCCCC1. The number of hydrogen-bond donors (Lipinski definition) is 1. The Morgan fingerprint density at radius 2 is 2.13 bits per heavy atom.